The summed E-state index contributed by atoms with van der Waals surface area (Å²) in [4.78, 5) is 27.4. The molecule has 0 aliphatic heterocycles. The number of aromatic nitrogens is 1. The summed E-state index contributed by atoms with van der Waals surface area (Å²) in [7, 11) is 4.74. The van der Waals surface area contributed by atoms with Crippen LogP contribution >= 0.6 is 0 Å². The van der Waals surface area contributed by atoms with E-state index in [-0.39, 0.29) is 0 Å². The molecule has 126 valence electrons. The fraction of sp³-hybridized carbons (Fsp3) is 0.312. The first kappa shape index (κ1) is 15.9. The average molecular weight is 330 g/mol. The summed E-state index contributed by atoms with van der Waals surface area (Å²) >= 11 is 0. The number of carbonyl (C=O) groups is 2. The summed E-state index contributed by atoms with van der Waals surface area (Å²) in [6.07, 6.45) is 0.382. The van der Waals surface area contributed by atoms with Gasteiger partial charge in [-0.25, -0.2) is 9.59 Å². The van der Waals surface area contributed by atoms with Crippen LogP contribution in [0.3, 0.4) is 0 Å². The van der Waals surface area contributed by atoms with E-state index in [1.54, 1.807) is 0 Å². The highest BCUT2D eigenvalue weighted by Gasteiger charge is 2.26. The van der Waals surface area contributed by atoms with E-state index >= 15 is 0 Å². The van der Waals surface area contributed by atoms with Crippen molar-refractivity contribution < 1.29 is 19.2 Å². The van der Waals surface area contributed by atoms with Crippen LogP contribution in [0.1, 0.15) is 17.7 Å². The number of hydrogen-bond acceptors (Lipinski definition) is 5. The van der Waals surface area contributed by atoms with Gasteiger partial charge in [0.05, 0.1) is 12.8 Å². The first-order chi connectivity index (χ1) is 11.5. The van der Waals surface area contributed by atoms with Gasteiger partial charge in [-0.3, -0.25) is 10.2 Å². The molecule has 0 saturated carbocycles. The quantitative estimate of drug-likeness (QED) is 0.653. The van der Waals surface area contributed by atoms with E-state index in [4.69, 9.17) is 4.84 Å². The van der Waals surface area contributed by atoms with Crippen molar-refractivity contribution in [2.45, 2.75) is 12.8 Å². The molecule has 8 heteroatoms. The lowest BCUT2D eigenvalue weighted by atomic mass is 10.1. The minimum Gasteiger partial charge on any atom is -0.453 e. The normalized spacial score (nSPS) is 14.5. The van der Waals surface area contributed by atoms with Gasteiger partial charge in [-0.2, -0.15) is 0 Å². The molecule has 2 aromatic rings. The van der Waals surface area contributed by atoms with E-state index in [2.05, 4.69) is 20.5 Å². The zero-order valence-electron chi connectivity index (χ0n) is 13.7. The Morgan fingerprint density at radius 3 is 2.75 bits per heavy atom. The Balaban J connectivity index is 2.00. The molecule has 1 aliphatic carbocycles. The molecule has 1 aromatic heterocycles. The van der Waals surface area contributed by atoms with Gasteiger partial charge in [0, 0.05) is 30.7 Å². The Hall–Kier alpha value is -3.03. The second-order valence-electron chi connectivity index (χ2n) is 5.40. The van der Waals surface area contributed by atoms with E-state index < -0.39 is 12.2 Å². The van der Waals surface area contributed by atoms with Crippen molar-refractivity contribution in [2.24, 2.45) is 12.2 Å². The van der Waals surface area contributed by atoms with Crippen molar-refractivity contribution in [3.63, 3.8) is 0 Å². The minimum atomic E-state index is -0.598. The molecule has 1 aliphatic rings. The number of benzene rings is 1. The summed E-state index contributed by atoms with van der Waals surface area (Å²) in [6, 6.07) is 5.65. The first-order valence-corrected chi connectivity index (χ1v) is 7.47. The predicted molar refractivity (Wildman–Crippen MR) is 89.3 cm³/mol. The number of oxime groups is 1. The Kier molecular flexibility index (Phi) is 4.11. The number of rotatable bonds is 2. The van der Waals surface area contributed by atoms with E-state index in [1.807, 2.05) is 29.8 Å². The zero-order valence-corrected chi connectivity index (χ0v) is 13.7. The highest BCUT2D eigenvalue weighted by molar-refractivity contribution is 6.09. The Bertz CT molecular complexity index is 853. The molecule has 0 bridgehead atoms. The van der Waals surface area contributed by atoms with Crippen LogP contribution in [-0.2, 0) is 23.0 Å². The van der Waals surface area contributed by atoms with Crippen molar-refractivity contribution in [2.75, 3.05) is 19.5 Å². The molecule has 8 nitrogen and oxygen atoms in total. The molecular formula is C16H18N4O4. The number of ether oxygens (including phenoxy) is 1. The van der Waals surface area contributed by atoms with E-state index in [0.29, 0.717) is 12.1 Å². The largest absolute Gasteiger partial charge is 0.453 e. The highest BCUT2D eigenvalue weighted by Crippen LogP contribution is 2.34. The molecule has 0 atom stereocenters. The first-order valence-electron chi connectivity index (χ1n) is 7.47. The third-order valence-corrected chi connectivity index (χ3v) is 4.06. The van der Waals surface area contributed by atoms with Crippen LogP contribution in [0.25, 0.3) is 10.9 Å². The molecule has 0 radical (unpaired) electrons. The van der Waals surface area contributed by atoms with Gasteiger partial charge in [-0.15, -0.1) is 0 Å². The van der Waals surface area contributed by atoms with Crippen molar-refractivity contribution in [1.82, 2.24) is 9.88 Å². The van der Waals surface area contributed by atoms with Gasteiger partial charge in [-0.1, -0.05) is 5.16 Å². The van der Waals surface area contributed by atoms with Crippen LogP contribution in [0.4, 0.5) is 15.3 Å². The van der Waals surface area contributed by atoms with Gasteiger partial charge in [-0.05, 0) is 36.6 Å². The summed E-state index contributed by atoms with van der Waals surface area (Å²) < 4.78 is 6.64. The Morgan fingerprint density at radius 2 is 2.04 bits per heavy atom. The SMILES string of the molecule is CNC(=O)O/N=C1\CCc2c1n(C)c1ccc(NC(=O)OC)cc21. The number of methoxy groups -OCH3 is 1. The Morgan fingerprint density at radius 1 is 1.25 bits per heavy atom. The molecule has 0 unspecified atom stereocenters. The van der Waals surface area contributed by atoms with Crippen LogP contribution < -0.4 is 10.6 Å². The third-order valence-electron chi connectivity index (χ3n) is 4.06. The van der Waals surface area contributed by atoms with Crippen LogP contribution in [0.2, 0.25) is 0 Å². The van der Waals surface area contributed by atoms with Gasteiger partial charge in [0.25, 0.3) is 0 Å². The smallest absolute Gasteiger partial charge is 0.433 e. The topological polar surface area (TPSA) is 94.0 Å². The number of amides is 2. The molecule has 1 heterocycles. The summed E-state index contributed by atoms with van der Waals surface area (Å²) in [6.45, 7) is 0. The predicted octanol–water partition coefficient (Wildman–Crippen LogP) is 2.36. The summed E-state index contributed by atoms with van der Waals surface area (Å²) in [5, 5.41) is 10.0. The van der Waals surface area contributed by atoms with Gasteiger partial charge >= 0.3 is 12.2 Å². The van der Waals surface area contributed by atoms with Crippen LogP contribution in [0.5, 0.6) is 0 Å². The second-order valence-corrected chi connectivity index (χ2v) is 5.40. The average Bonchev–Trinajstić information content (AvgIpc) is 3.13. The number of carbonyl (C=O) groups excluding carboxylic acids is 2. The maximum Gasteiger partial charge on any atom is 0.433 e. The lowest BCUT2D eigenvalue weighted by Gasteiger charge is -2.06. The number of nitrogens with zero attached hydrogens (tertiary/aromatic N) is 2. The minimum absolute atomic E-state index is 0.511. The van der Waals surface area contributed by atoms with Crippen molar-refractivity contribution in [3.05, 3.63) is 29.5 Å². The molecule has 2 amide bonds. The van der Waals surface area contributed by atoms with Crippen LogP contribution in [0.15, 0.2) is 23.4 Å². The number of nitrogens with one attached hydrogen (secondary N) is 2. The van der Waals surface area contributed by atoms with Crippen molar-refractivity contribution in [1.29, 1.82) is 0 Å². The van der Waals surface area contributed by atoms with Crippen LogP contribution in [-0.4, -0.2) is 36.6 Å². The number of aryl methyl sites for hydroxylation is 2. The number of hydrogen-bond donors (Lipinski definition) is 2. The second kappa shape index (κ2) is 6.23. The molecule has 0 saturated heterocycles. The summed E-state index contributed by atoms with van der Waals surface area (Å²) in [5.41, 5.74) is 4.48. The van der Waals surface area contributed by atoms with Gasteiger partial charge in [0.1, 0.15) is 5.71 Å². The van der Waals surface area contributed by atoms with E-state index in [9.17, 15) is 9.59 Å². The van der Waals surface area contributed by atoms with E-state index in [0.717, 1.165) is 34.3 Å². The molecular weight excluding hydrogens is 312 g/mol. The lowest BCUT2D eigenvalue weighted by molar-refractivity contribution is 0.153. The fourth-order valence-corrected chi connectivity index (χ4v) is 2.98. The van der Waals surface area contributed by atoms with Crippen LogP contribution in [0, 0.1) is 0 Å². The maximum absolute atomic E-state index is 11.4. The van der Waals surface area contributed by atoms with Gasteiger partial charge < -0.3 is 14.6 Å². The third kappa shape index (κ3) is 2.66. The number of fused-ring (bicyclic) bond motifs is 3. The van der Waals surface area contributed by atoms with Gasteiger partial charge in [0.15, 0.2) is 0 Å². The summed E-state index contributed by atoms with van der Waals surface area (Å²) in [5.74, 6) is 0. The highest BCUT2D eigenvalue weighted by atomic mass is 16.7. The molecule has 0 spiro atoms. The molecule has 24 heavy (non-hydrogen) atoms. The van der Waals surface area contributed by atoms with Gasteiger partial charge in [0.2, 0.25) is 0 Å². The Labute approximate surface area is 138 Å². The lowest BCUT2D eigenvalue weighted by Crippen LogP contribution is -2.17. The molecule has 3 rings (SSSR count). The standard InChI is InChI=1S/C16H18N4O4/c1-17-15(21)24-19-12-6-5-10-11-8-9(18-16(22)23-3)4-7-13(11)20(2)14(10)12/h4,7-8H,5-6H2,1-3H3,(H,17,21)(H,18,22)/b19-12+. The fourth-order valence-electron chi connectivity index (χ4n) is 2.98. The molecule has 0 fully saturated rings. The number of anilines is 1. The molecule has 2 N–H and O–H groups in total. The monoisotopic (exact) mass is 330 g/mol. The van der Waals surface area contributed by atoms with Crippen molar-refractivity contribution >= 4 is 34.5 Å². The zero-order chi connectivity index (χ0) is 17.3. The maximum atomic E-state index is 11.4. The van der Waals surface area contributed by atoms with E-state index in [1.165, 1.54) is 14.2 Å². The van der Waals surface area contributed by atoms with Crippen molar-refractivity contribution in [3.8, 4) is 0 Å². The molecule has 1 aromatic carbocycles.